The van der Waals surface area contributed by atoms with Crippen LogP contribution < -0.4 is 10.2 Å². The van der Waals surface area contributed by atoms with E-state index in [-0.39, 0.29) is 19.1 Å². The van der Waals surface area contributed by atoms with Crippen molar-refractivity contribution in [3.8, 4) is 0 Å². The van der Waals surface area contributed by atoms with Gasteiger partial charge in [0.1, 0.15) is 13.2 Å². The minimum Gasteiger partial charge on any atom is -0.375 e. The number of methoxy groups -OCH3 is 1. The van der Waals surface area contributed by atoms with E-state index in [4.69, 9.17) is 4.74 Å². The predicted octanol–water partition coefficient (Wildman–Crippen LogP) is 1.85. The molecule has 2 aliphatic heterocycles. The summed E-state index contributed by atoms with van der Waals surface area (Å²) in [5.74, 6) is -1.51. The number of carbonyl (C=O) groups is 4. The third-order valence-electron chi connectivity index (χ3n) is 5.23. The normalized spacial score (nSPS) is 15.1. The van der Waals surface area contributed by atoms with Crippen LogP contribution in [-0.4, -0.2) is 55.3 Å². The highest BCUT2D eigenvalue weighted by molar-refractivity contribution is 6.22. The summed E-state index contributed by atoms with van der Waals surface area (Å²) in [6.07, 6.45) is 1.60. The number of benzene rings is 2. The van der Waals surface area contributed by atoms with E-state index in [0.29, 0.717) is 23.4 Å². The smallest absolute Gasteiger partial charge is 0.262 e. The first-order valence-electron chi connectivity index (χ1n) is 9.67. The van der Waals surface area contributed by atoms with E-state index in [1.165, 1.54) is 7.11 Å². The zero-order valence-corrected chi connectivity index (χ0v) is 16.5. The van der Waals surface area contributed by atoms with Crippen LogP contribution in [0, 0.1) is 0 Å². The third-order valence-corrected chi connectivity index (χ3v) is 5.23. The molecule has 0 saturated carbocycles. The number of anilines is 2. The number of ether oxygens (including phenoxy) is 1. The second-order valence-electron chi connectivity index (χ2n) is 7.22. The standard InChI is InChI=1S/C22H21N3O5/c1-30-13-20(27)24-10-4-5-14-11-15(8-9-18(14)24)23-19(26)12-25-21(28)16-6-2-3-7-17(16)22(25)29/h2-3,6-9,11H,4-5,10,12-13H2,1H3,(H,23,26). The lowest BCUT2D eigenvalue weighted by Crippen LogP contribution is -2.38. The molecule has 8 heteroatoms. The summed E-state index contributed by atoms with van der Waals surface area (Å²) in [5.41, 5.74) is 2.93. The van der Waals surface area contributed by atoms with Gasteiger partial charge >= 0.3 is 0 Å². The van der Waals surface area contributed by atoms with Crippen LogP contribution in [0.5, 0.6) is 0 Å². The highest BCUT2D eigenvalue weighted by atomic mass is 16.5. The van der Waals surface area contributed by atoms with Gasteiger partial charge in [-0.2, -0.15) is 0 Å². The first-order chi connectivity index (χ1) is 14.5. The summed E-state index contributed by atoms with van der Waals surface area (Å²) in [6, 6.07) is 11.8. The lowest BCUT2D eigenvalue weighted by molar-refractivity contribution is -0.122. The van der Waals surface area contributed by atoms with Gasteiger partial charge in [0, 0.05) is 25.0 Å². The number of hydrogen-bond acceptors (Lipinski definition) is 5. The summed E-state index contributed by atoms with van der Waals surface area (Å²) >= 11 is 0. The van der Waals surface area contributed by atoms with E-state index >= 15 is 0 Å². The number of fused-ring (bicyclic) bond motifs is 2. The third kappa shape index (κ3) is 3.57. The van der Waals surface area contributed by atoms with Crippen LogP contribution in [0.2, 0.25) is 0 Å². The summed E-state index contributed by atoms with van der Waals surface area (Å²) in [4.78, 5) is 52.2. The number of aryl methyl sites for hydroxylation is 1. The van der Waals surface area contributed by atoms with Crippen molar-refractivity contribution in [3.63, 3.8) is 0 Å². The van der Waals surface area contributed by atoms with Gasteiger partial charge < -0.3 is 15.0 Å². The molecule has 0 unspecified atom stereocenters. The zero-order chi connectivity index (χ0) is 21.3. The maximum absolute atomic E-state index is 12.5. The molecule has 0 radical (unpaired) electrons. The van der Waals surface area contributed by atoms with Crippen molar-refractivity contribution in [2.45, 2.75) is 12.8 Å². The molecule has 0 aromatic heterocycles. The molecule has 30 heavy (non-hydrogen) atoms. The SMILES string of the molecule is COCC(=O)N1CCCc2cc(NC(=O)CN3C(=O)c4ccccc4C3=O)ccc21. The van der Waals surface area contributed by atoms with Crippen molar-refractivity contribution in [3.05, 3.63) is 59.2 Å². The Balaban J connectivity index is 1.45. The molecule has 2 aliphatic rings. The molecule has 2 aromatic carbocycles. The van der Waals surface area contributed by atoms with Crippen molar-refractivity contribution >= 4 is 35.0 Å². The van der Waals surface area contributed by atoms with E-state index in [1.54, 1.807) is 41.3 Å². The number of nitrogens with one attached hydrogen (secondary N) is 1. The molecule has 4 rings (SSSR count). The van der Waals surface area contributed by atoms with Gasteiger partial charge in [-0.3, -0.25) is 24.1 Å². The Kier molecular flexibility index (Phi) is 5.33. The van der Waals surface area contributed by atoms with Crippen LogP contribution in [0.15, 0.2) is 42.5 Å². The summed E-state index contributed by atoms with van der Waals surface area (Å²) in [5, 5.41) is 2.74. The van der Waals surface area contributed by atoms with E-state index in [2.05, 4.69) is 5.32 Å². The maximum atomic E-state index is 12.5. The number of amides is 4. The molecule has 0 spiro atoms. The van der Waals surface area contributed by atoms with Gasteiger partial charge in [0.2, 0.25) is 5.91 Å². The Labute approximate surface area is 173 Å². The summed E-state index contributed by atoms with van der Waals surface area (Å²) in [7, 11) is 1.48. The number of nitrogens with zero attached hydrogens (tertiary/aromatic N) is 2. The molecule has 8 nitrogen and oxygen atoms in total. The zero-order valence-electron chi connectivity index (χ0n) is 16.5. The van der Waals surface area contributed by atoms with E-state index < -0.39 is 17.7 Å². The minimum atomic E-state index is -0.469. The Morgan fingerprint density at radius 1 is 1.07 bits per heavy atom. The first-order valence-corrected chi connectivity index (χ1v) is 9.67. The fraction of sp³-hybridized carbons (Fsp3) is 0.273. The monoisotopic (exact) mass is 407 g/mol. The van der Waals surface area contributed by atoms with Crippen molar-refractivity contribution < 1.29 is 23.9 Å². The minimum absolute atomic E-state index is 0.0121. The lowest BCUT2D eigenvalue weighted by atomic mass is 10.0. The van der Waals surface area contributed by atoms with Crippen molar-refractivity contribution in [2.75, 3.05) is 37.0 Å². The van der Waals surface area contributed by atoms with Gasteiger partial charge in [-0.05, 0) is 48.7 Å². The van der Waals surface area contributed by atoms with E-state index in [0.717, 1.165) is 29.0 Å². The predicted molar refractivity (Wildman–Crippen MR) is 109 cm³/mol. The largest absolute Gasteiger partial charge is 0.375 e. The average molecular weight is 407 g/mol. The molecule has 0 atom stereocenters. The second-order valence-corrected chi connectivity index (χ2v) is 7.22. The molecule has 0 aliphatic carbocycles. The first kappa shape index (κ1) is 19.8. The summed E-state index contributed by atoms with van der Waals surface area (Å²) in [6.45, 7) is 0.279. The fourth-order valence-electron chi connectivity index (χ4n) is 3.86. The quantitative estimate of drug-likeness (QED) is 0.763. The van der Waals surface area contributed by atoms with Crippen LogP contribution in [-0.2, 0) is 20.7 Å². The molecule has 4 amide bonds. The summed E-state index contributed by atoms with van der Waals surface area (Å²) < 4.78 is 4.94. The Morgan fingerprint density at radius 3 is 2.43 bits per heavy atom. The van der Waals surface area contributed by atoms with Crippen LogP contribution >= 0.6 is 0 Å². The number of hydrogen-bond donors (Lipinski definition) is 1. The van der Waals surface area contributed by atoms with E-state index in [9.17, 15) is 19.2 Å². The Morgan fingerprint density at radius 2 is 1.77 bits per heavy atom. The van der Waals surface area contributed by atoms with Crippen LogP contribution in [0.25, 0.3) is 0 Å². The molecule has 2 aromatic rings. The molecular formula is C22H21N3O5. The molecule has 2 heterocycles. The van der Waals surface area contributed by atoms with Gasteiger partial charge in [-0.15, -0.1) is 0 Å². The van der Waals surface area contributed by atoms with Crippen LogP contribution in [0.1, 0.15) is 32.7 Å². The maximum Gasteiger partial charge on any atom is 0.262 e. The molecule has 0 saturated heterocycles. The fourth-order valence-corrected chi connectivity index (χ4v) is 3.86. The number of imide groups is 1. The Hall–Kier alpha value is -3.52. The topological polar surface area (TPSA) is 96.0 Å². The molecule has 154 valence electrons. The van der Waals surface area contributed by atoms with E-state index in [1.807, 2.05) is 6.07 Å². The van der Waals surface area contributed by atoms with Gasteiger partial charge in [-0.1, -0.05) is 12.1 Å². The van der Waals surface area contributed by atoms with Gasteiger partial charge in [0.25, 0.3) is 17.7 Å². The van der Waals surface area contributed by atoms with Gasteiger partial charge in [0.05, 0.1) is 11.1 Å². The molecule has 0 bridgehead atoms. The average Bonchev–Trinajstić information content (AvgIpc) is 2.98. The highest BCUT2D eigenvalue weighted by Gasteiger charge is 2.36. The molecular weight excluding hydrogens is 386 g/mol. The van der Waals surface area contributed by atoms with Crippen molar-refractivity contribution in [1.82, 2.24) is 4.90 Å². The van der Waals surface area contributed by atoms with Crippen molar-refractivity contribution in [1.29, 1.82) is 0 Å². The Bertz CT molecular complexity index is 1010. The van der Waals surface area contributed by atoms with Gasteiger partial charge in [0.15, 0.2) is 0 Å². The van der Waals surface area contributed by atoms with Gasteiger partial charge in [-0.25, -0.2) is 0 Å². The lowest BCUT2D eigenvalue weighted by Gasteiger charge is -2.29. The van der Waals surface area contributed by atoms with Crippen LogP contribution in [0.3, 0.4) is 0 Å². The molecule has 0 fully saturated rings. The van der Waals surface area contributed by atoms with Crippen LogP contribution in [0.4, 0.5) is 11.4 Å². The number of rotatable bonds is 5. The second kappa shape index (κ2) is 8.08. The molecule has 1 N–H and O–H groups in total. The van der Waals surface area contributed by atoms with Crippen molar-refractivity contribution in [2.24, 2.45) is 0 Å². The highest BCUT2D eigenvalue weighted by Crippen LogP contribution is 2.30. The number of carbonyl (C=O) groups excluding carboxylic acids is 4.